The van der Waals surface area contributed by atoms with Gasteiger partial charge in [-0.05, 0) is 17.5 Å². The number of rotatable bonds is 3. The third-order valence-corrected chi connectivity index (χ3v) is 3.42. The van der Waals surface area contributed by atoms with E-state index in [1.54, 1.807) is 0 Å². The van der Waals surface area contributed by atoms with Crippen LogP contribution in [0.2, 0.25) is 0 Å². The molecule has 0 spiro atoms. The summed E-state index contributed by atoms with van der Waals surface area (Å²) in [4.78, 5) is 11.4. The molecule has 2 rings (SSSR count). The first-order valence-electron chi connectivity index (χ1n) is 5.82. The lowest BCUT2D eigenvalue weighted by Gasteiger charge is -2.18. The van der Waals surface area contributed by atoms with Crippen molar-refractivity contribution in [3.8, 4) is 0 Å². The van der Waals surface area contributed by atoms with Crippen molar-refractivity contribution in [2.24, 2.45) is 11.7 Å². The van der Waals surface area contributed by atoms with Crippen molar-refractivity contribution in [2.75, 3.05) is 13.1 Å². The van der Waals surface area contributed by atoms with Gasteiger partial charge in [0.2, 0.25) is 5.91 Å². The van der Waals surface area contributed by atoms with Crippen molar-refractivity contribution < 1.29 is 4.79 Å². The lowest BCUT2D eigenvalue weighted by molar-refractivity contribution is -0.121. The maximum Gasteiger partial charge on any atom is 0.222 e. The minimum absolute atomic E-state index is 0.0623. The third kappa shape index (κ3) is 1.95. The number of amides is 1. The fourth-order valence-corrected chi connectivity index (χ4v) is 2.52. The van der Waals surface area contributed by atoms with E-state index in [0.717, 1.165) is 13.0 Å². The number of nitrogens with two attached hydrogens (primary N) is 1. The molecular weight excluding hydrogens is 200 g/mol. The quantitative estimate of drug-likeness (QED) is 0.796. The van der Waals surface area contributed by atoms with Gasteiger partial charge in [0.25, 0.3) is 0 Å². The normalized spacial score (nSPS) is 24.6. The van der Waals surface area contributed by atoms with Crippen LogP contribution < -0.4 is 11.1 Å². The number of hydrogen-bond acceptors (Lipinski definition) is 2. The van der Waals surface area contributed by atoms with Crippen LogP contribution in [0, 0.1) is 5.92 Å². The Bertz CT molecular complexity index is 389. The lowest BCUT2D eigenvalue weighted by Crippen LogP contribution is -2.28. The van der Waals surface area contributed by atoms with Crippen molar-refractivity contribution in [3.63, 3.8) is 0 Å². The monoisotopic (exact) mass is 218 g/mol. The van der Waals surface area contributed by atoms with Crippen molar-refractivity contribution in [3.05, 3.63) is 35.4 Å². The van der Waals surface area contributed by atoms with Crippen LogP contribution in [0.15, 0.2) is 24.3 Å². The number of carbonyl (C=O) groups excluding carboxylic acids is 1. The standard InChI is InChI=1S/C13H18N2O/c1-2-9-5-3-4-6-10(9)11-7-15-8-12(11)13(14)16/h3-6,11-12,15H,2,7-8H2,1H3,(H2,14,16). The Balaban J connectivity index is 2.32. The Kier molecular flexibility index (Phi) is 3.25. The average molecular weight is 218 g/mol. The topological polar surface area (TPSA) is 55.1 Å². The number of hydrogen-bond donors (Lipinski definition) is 2. The van der Waals surface area contributed by atoms with E-state index >= 15 is 0 Å². The maximum atomic E-state index is 11.4. The first-order chi connectivity index (χ1) is 7.74. The predicted octanol–water partition coefficient (Wildman–Crippen LogP) is 1.04. The van der Waals surface area contributed by atoms with Gasteiger partial charge in [-0.15, -0.1) is 0 Å². The number of nitrogens with one attached hydrogen (secondary N) is 1. The summed E-state index contributed by atoms with van der Waals surface area (Å²) in [5.74, 6) is -0.0118. The lowest BCUT2D eigenvalue weighted by atomic mass is 9.85. The maximum absolute atomic E-state index is 11.4. The van der Waals surface area contributed by atoms with Crippen LogP contribution in [0.4, 0.5) is 0 Å². The zero-order valence-corrected chi connectivity index (χ0v) is 9.57. The molecule has 1 amide bonds. The highest BCUT2D eigenvalue weighted by Crippen LogP contribution is 2.30. The van der Waals surface area contributed by atoms with Crippen LogP contribution in [0.3, 0.4) is 0 Å². The Morgan fingerprint density at radius 1 is 1.44 bits per heavy atom. The van der Waals surface area contributed by atoms with Gasteiger partial charge in [0.05, 0.1) is 5.92 Å². The molecular formula is C13H18N2O. The van der Waals surface area contributed by atoms with Crippen LogP contribution in [0.1, 0.15) is 24.0 Å². The first kappa shape index (κ1) is 11.1. The van der Waals surface area contributed by atoms with Gasteiger partial charge in [0, 0.05) is 19.0 Å². The minimum Gasteiger partial charge on any atom is -0.369 e. The molecule has 1 aromatic carbocycles. The molecule has 0 aliphatic carbocycles. The molecule has 2 unspecified atom stereocenters. The van der Waals surface area contributed by atoms with Gasteiger partial charge in [-0.25, -0.2) is 0 Å². The zero-order valence-electron chi connectivity index (χ0n) is 9.57. The molecule has 1 aliphatic heterocycles. The molecule has 1 aliphatic rings. The molecule has 86 valence electrons. The molecule has 1 aromatic rings. The van der Waals surface area contributed by atoms with E-state index in [1.165, 1.54) is 11.1 Å². The molecule has 0 bridgehead atoms. The van der Waals surface area contributed by atoms with E-state index in [1.807, 2.05) is 12.1 Å². The highest BCUT2D eigenvalue weighted by molar-refractivity contribution is 5.78. The van der Waals surface area contributed by atoms with Gasteiger partial charge in [-0.3, -0.25) is 4.79 Å². The summed E-state index contributed by atoms with van der Waals surface area (Å²) in [6.45, 7) is 3.70. The molecule has 0 saturated carbocycles. The Morgan fingerprint density at radius 2 is 2.19 bits per heavy atom. The van der Waals surface area contributed by atoms with Gasteiger partial charge >= 0.3 is 0 Å². The minimum atomic E-state index is -0.194. The molecule has 1 heterocycles. The summed E-state index contributed by atoms with van der Waals surface area (Å²) in [6, 6.07) is 8.33. The van der Waals surface area contributed by atoms with E-state index < -0.39 is 0 Å². The number of primary amides is 1. The second-order valence-corrected chi connectivity index (χ2v) is 4.33. The molecule has 1 saturated heterocycles. The highest BCUT2D eigenvalue weighted by Gasteiger charge is 2.33. The summed E-state index contributed by atoms with van der Waals surface area (Å²) in [6.07, 6.45) is 0.998. The van der Waals surface area contributed by atoms with Crippen molar-refractivity contribution >= 4 is 5.91 Å². The molecule has 3 nitrogen and oxygen atoms in total. The summed E-state index contributed by atoms with van der Waals surface area (Å²) < 4.78 is 0. The van der Waals surface area contributed by atoms with Gasteiger partial charge in [-0.1, -0.05) is 31.2 Å². The second kappa shape index (κ2) is 4.66. The van der Waals surface area contributed by atoms with Crippen molar-refractivity contribution in [1.82, 2.24) is 5.32 Å². The van der Waals surface area contributed by atoms with Crippen molar-refractivity contribution in [2.45, 2.75) is 19.3 Å². The second-order valence-electron chi connectivity index (χ2n) is 4.33. The molecule has 0 aromatic heterocycles. The van der Waals surface area contributed by atoms with E-state index in [9.17, 15) is 4.79 Å². The fourth-order valence-electron chi connectivity index (χ4n) is 2.52. The smallest absolute Gasteiger partial charge is 0.222 e. The molecule has 2 atom stereocenters. The van der Waals surface area contributed by atoms with Crippen LogP contribution >= 0.6 is 0 Å². The highest BCUT2D eigenvalue weighted by atomic mass is 16.1. The summed E-state index contributed by atoms with van der Waals surface area (Å²) in [5, 5.41) is 3.25. The number of aryl methyl sites for hydroxylation is 1. The van der Waals surface area contributed by atoms with E-state index in [2.05, 4.69) is 24.4 Å². The molecule has 16 heavy (non-hydrogen) atoms. The van der Waals surface area contributed by atoms with Gasteiger partial charge in [0.1, 0.15) is 0 Å². The van der Waals surface area contributed by atoms with Crippen LogP contribution in [0.25, 0.3) is 0 Å². The summed E-state index contributed by atoms with van der Waals surface area (Å²) in [7, 11) is 0. The molecule has 0 radical (unpaired) electrons. The van der Waals surface area contributed by atoms with Crippen molar-refractivity contribution in [1.29, 1.82) is 0 Å². The summed E-state index contributed by atoms with van der Waals surface area (Å²) >= 11 is 0. The number of benzene rings is 1. The van der Waals surface area contributed by atoms with Crippen LogP contribution in [-0.2, 0) is 11.2 Å². The fraction of sp³-hybridized carbons (Fsp3) is 0.462. The third-order valence-electron chi connectivity index (χ3n) is 3.42. The SMILES string of the molecule is CCc1ccccc1C1CNCC1C(N)=O. The zero-order chi connectivity index (χ0) is 11.5. The molecule has 1 fully saturated rings. The van der Waals surface area contributed by atoms with Crippen LogP contribution in [-0.4, -0.2) is 19.0 Å². The Labute approximate surface area is 96.0 Å². The van der Waals surface area contributed by atoms with Gasteiger partial charge in [0.15, 0.2) is 0 Å². The van der Waals surface area contributed by atoms with E-state index in [-0.39, 0.29) is 17.7 Å². The molecule has 3 heteroatoms. The average Bonchev–Trinajstić information content (AvgIpc) is 2.77. The predicted molar refractivity (Wildman–Crippen MR) is 64.1 cm³/mol. The number of carbonyl (C=O) groups is 1. The van der Waals surface area contributed by atoms with Crippen LogP contribution in [0.5, 0.6) is 0 Å². The largest absolute Gasteiger partial charge is 0.369 e. The Hall–Kier alpha value is -1.35. The first-order valence-corrected chi connectivity index (χ1v) is 5.82. The summed E-state index contributed by atoms with van der Waals surface area (Å²) in [5.41, 5.74) is 8.04. The van der Waals surface area contributed by atoms with E-state index in [0.29, 0.717) is 6.54 Å². The van der Waals surface area contributed by atoms with Gasteiger partial charge in [-0.2, -0.15) is 0 Å². The van der Waals surface area contributed by atoms with E-state index in [4.69, 9.17) is 5.73 Å². The molecule has 3 N–H and O–H groups in total. The Morgan fingerprint density at radius 3 is 2.88 bits per heavy atom. The van der Waals surface area contributed by atoms with Gasteiger partial charge < -0.3 is 11.1 Å².